The molecule has 1 atom stereocenters. The molecule has 8 heteroatoms. The van der Waals surface area contributed by atoms with Gasteiger partial charge in [-0.05, 0) is 50.3 Å². The van der Waals surface area contributed by atoms with E-state index in [2.05, 4.69) is 12.1 Å². The molecule has 7 nitrogen and oxygen atoms in total. The molecular formula is C24H34NO6P. The van der Waals surface area contributed by atoms with Gasteiger partial charge in [-0.25, -0.2) is 0 Å². The minimum Gasteiger partial charge on any atom is -0.497 e. The van der Waals surface area contributed by atoms with Gasteiger partial charge in [0, 0.05) is 24.7 Å². The Labute approximate surface area is 190 Å². The predicted molar refractivity (Wildman–Crippen MR) is 126 cm³/mol. The zero-order valence-electron chi connectivity index (χ0n) is 19.2. The van der Waals surface area contributed by atoms with Gasteiger partial charge < -0.3 is 23.8 Å². The highest BCUT2D eigenvalue weighted by Gasteiger charge is 2.20. The number of carbonyl (C=O) groups is 1. The molecule has 1 N–H and O–H groups in total. The minimum atomic E-state index is -3.55. The lowest BCUT2D eigenvalue weighted by molar-refractivity contribution is 0.0750. The Hall–Kier alpha value is -2.34. The van der Waals surface area contributed by atoms with Gasteiger partial charge in [-0.15, -0.1) is 0 Å². The van der Waals surface area contributed by atoms with Crippen LogP contribution >= 0.6 is 7.60 Å². The molecule has 0 heterocycles. The summed E-state index contributed by atoms with van der Waals surface area (Å²) in [6.45, 7) is 2.96. The average Bonchev–Trinajstić information content (AvgIpc) is 2.80. The fourth-order valence-corrected chi connectivity index (χ4v) is 4.58. The molecule has 0 fully saturated rings. The van der Waals surface area contributed by atoms with E-state index in [0.29, 0.717) is 43.0 Å². The van der Waals surface area contributed by atoms with E-state index in [1.807, 2.05) is 18.2 Å². The van der Waals surface area contributed by atoms with Crippen LogP contribution in [0.4, 0.5) is 0 Å². The van der Waals surface area contributed by atoms with Gasteiger partial charge in [0.25, 0.3) is 5.91 Å². The lowest BCUT2D eigenvalue weighted by Crippen LogP contribution is -2.33. The molecule has 32 heavy (non-hydrogen) atoms. The zero-order valence-corrected chi connectivity index (χ0v) is 20.1. The quantitative estimate of drug-likeness (QED) is 0.321. The van der Waals surface area contributed by atoms with E-state index in [0.717, 1.165) is 12.8 Å². The first-order valence-corrected chi connectivity index (χ1v) is 12.7. The lowest BCUT2D eigenvalue weighted by Gasteiger charge is -2.24. The van der Waals surface area contributed by atoms with Crippen LogP contribution in [0, 0.1) is 0 Å². The van der Waals surface area contributed by atoms with Crippen LogP contribution < -0.4 is 9.47 Å². The van der Waals surface area contributed by atoms with Gasteiger partial charge in [-0.2, -0.15) is 0 Å². The molecule has 0 bridgehead atoms. The number of hydrogen-bond acceptors (Lipinski definition) is 5. The van der Waals surface area contributed by atoms with Crippen molar-refractivity contribution in [2.24, 2.45) is 0 Å². The number of carbonyl (C=O) groups excluding carboxylic acids is 1. The number of unbranched alkanes of at least 4 members (excludes halogenated alkanes) is 1. The standard InChI is InChI=1S/C24H34NO6P/c1-4-31-32(27,28)16-9-8-14-25(15-10-13-20-11-6-5-7-12-20)24(26)21-17-22(29-2)19-23(18-21)30-3/h5-7,11-12,17-19H,4,8-10,13-16H2,1-3H3,(H,27,28). The maximum absolute atomic E-state index is 13.3. The van der Waals surface area contributed by atoms with Crippen molar-refractivity contribution < 1.29 is 28.3 Å². The number of aryl methyl sites for hydroxylation is 1. The van der Waals surface area contributed by atoms with Crippen LogP contribution in [0.5, 0.6) is 11.5 Å². The Balaban J connectivity index is 2.06. The van der Waals surface area contributed by atoms with Crippen molar-refractivity contribution in [2.75, 3.05) is 40.1 Å². The maximum atomic E-state index is 13.3. The Morgan fingerprint density at radius 2 is 1.59 bits per heavy atom. The number of amides is 1. The molecule has 2 rings (SSSR count). The van der Waals surface area contributed by atoms with Gasteiger partial charge in [0.1, 0.15) is 11.5 Å². The highest BCUT2D eigenvalue weighted by molar-refractivity contribution is 7.52. The third kappa shape index (κ3) is 8.65. The predicted octanol–water partition coefficient (Wildman–Crippen LogP) is 4.78. The molecule has 0 spiro atoms. The number of hydrogen-bond donors (Lipinski definition) is 1. The first-order chi connectivity index (χ1) is 15.4. The third-order valence-corrected chi connectivity index (χ3v) is 6.61. The molecule has 0 radical (unpaired) electrons. The molecule has 1 unspecified atom stereocenters. The molecule has 0 aromatic heterocycles. The zero-order chi connectivity index (χ0) is 23.4. The Kier molecular flexibility index (Phi) is 10.7. The van der Waals surface area contributed by atoms with Crippen LogP contribution in [0.25, 0.3) is 0 Å². The SMILES string of the molecule is CCOP(=O)(O)CCCCN(CCCc1ccccc1)C(=O)c1cc(OC)cc(OC)c1. The summed E-state index contributed by atoms with van der Waals surface area (Å²) < 4.78 is 27.4. The topological polar surface area (TPSA) is 85.3 Å². The Bertz CT molecular complexity index is 867. The van der Waals surface area contributed by atoms with E-state index >= 15 is 0 Å². The van der Waals surface area contributed by atoms with Gasteiger partial charge in [0.2, 0.25) is 0 Å². The van der Waals surface area contributed by atoms with Crippen LogP contribution in [0.2, 0.25) is 0 Å². The average molecular weight is 464 g/mol. The van der Waals surface area contributed by atoms with E-state index in [1.165, 1.54) is 5.56 Å². The largest absolute Gasteiger partial charge is 0.497 e. The fraction of sp³-hybridized carbons (Fsp3) is 0.458. The van der Waals surface area contributed by atoms with Crippen LogP contribution in [0.15, 0.2) is 48.5 Å². The summed E-state index contributed by atoms with van der Waals surface area (Å²) in [7, 11) is -0.458. The molecular weight excluding hydrogens is 429 g/mol. The second kappa shape index (κ2) is 13.3. The highest BCUT2D eigenvalue weighted by atomic mass is 31.2. The first-order valence-electron chi connectivity index (χ1n) is 10.9. The fourth-order valence-electron chi connectivity index (χ4n) is 3.43. The molecule has 0 aliphatic heterocycles. The van der Waals surface area contributed by atoms with Crippen molar-refractivity contribution in [1.82, 2.24) is 4.90 Å². The number of nitrogens with zero attached hydrogens (tertiary/aromatic N) is 1. The van der Waals surface area contributed by atoms with Crippen molar-refractivity contribution in [3.8, 4) is 11.5 Å². The van der Waals surface area contributed by atoms with Gasteiger partial charge in [-0.3, -0.25) is 9.36 Å². The Morgan fingerprint density at radius 3 is 2.19 bits per heavy atom. The number of methoxy groups -OCH3 is 2. The van der Waals surface area contributed by atoms with Crippen LogP contribution in [0.1, 0.15) is 42.1 Å². The first kappa shape index (κ1) is 25.9. The van der Waals surface area contributed by atoms with E-state index in [-0.39, 0.29) is 18.7 Å². The van der Waals surface area contributed by atoms with Crippen molar-refractivity contribution in [2.45, 2.75) is 32.6 Å². The van der Waals surface area contributed by atoms with Crippen molar-refractivity contribution >= 4 is 13.5 Å². The smallest absolute Gasteiger partial charge is 0.328 e. The monoisotopic (exact) mass is 463 g/mol. The molecule has 0 aliphatic carbocycles. The van der Waals surface area contributed by atoms with Gasteiger partial charge in [0.05, 0.1) is 27.0 Å². The van der Waals surface area contributed by atoms with E-state index in [4.69, 9.17) is 14.0 Å². The minimum absolute atomic E-state index is 0.0832. The normalized spacial score (nSPS) is 12.8. The van der Waals surface area contributed by atoms with Crippen LogP contribution in [-0.2, 0) is 15.5 Å². The summed E-state index contributed by atoms with van der Waals surface area (Å²) in [5.41, 5.74) is 1.71. The highest BCUT2D eigenvalue weighted by Crippen LogP contribution is 2.42. The number of benzene rings is 2. The summed E-state index contributed by atoms with van der Waals surface area (Å²) >= 11 is 0. The van der Waals surface area contributed by atoms with Crippen LogP contribution in [-0.4, -0.2) is 55.8 Å². The molecule has 0 aliphatic rings. The van der Waals surface area contributed by atoms with Crippen LogP contribution in [0.3, 0.4) is 0 Å². The van der Waals surface area contributed by atoms with Crippen molar-refractivity contribution in [3.63, 3.8) is 0 Å². The second-order valence-electron chi connectivity index (χ2n) is 7.47. The third-order valence-electron chi connectivity index (χ3n) is 5.07. The number of ether oxygens (including phenoxy) is 2. The summed E-state index contributed by atoms with van der Waals surface area (Å²) in [5, 5.41) is 0. The summed E-state index contributed by atoms with van der Waals surface area (Å²) in [6, 6.07) is 15.3. The van der Waals surface area contributed by atoms with Crippen molar-refractivity contribution in [3.05, 3.63) is 59.7 Å². The number of rotatable bonds is 14. The van der Waals surface area contributed by atoms with E-state index in [9.17, 15) is 14.3 Å². The Morgan fingerprint density at radius 1 is 0.969 bits per heavy atom. The van der Waals surface area contributed by atoms with Gasteiger partial charge in [-0.1, -0.05) is 30.3 Å². The molecule has 1 amide bonds. The molecule has 2 aromatic rings. The summed E-state index contributed by atoms with van der Waals surface area (Å²) in [6.07, 6.45) is 2.86. The van der Waals surface area contributed by atoms with Gasteiger partial charge >= 0.3 is 7.60 Å². The molecule has 0 saturated carbocycles. The molecule has 2 aromatic carbocycles. The molecule has 176 valence electrons. The second-order valence-corrected chi connectivity index (χ2v) is 9.45. The van der Waals surface area contributed by atoms with E-state index < -0.39 is 7.60 Å². The summed E-state index contributed by atoms with van der Waals surface area (Å²) in [5.74, 6) is 0.983. The van der Waals surface area contributed by atoms with E-state index in [1.54, 1.807) is 44.2 Å². The molecule has 0 saturated heterocycles. The lowest BCUT2D eigenvalue weighted by atomic mass is 10.1. The van der Waals surface area contributed by atoms with Gasteiger partial charge in [0.15, 0.2) is 0 Å². The maximum Gasteiger partial charge on any atom is 0.328 e. The van der Waals surface area contributed by atoms with Crippen molar-refractivity contribution in [1.29, 1.82) is 0 Å². The summed E-state index contributed by atoms with van der Waals surface area (Å²) in [4.78, 5) is 24.9.